The molecular formula is C14H12O4. The molecule has 0 amide bonds. The molecule has 2 rings (SSSR count). The summed E-state index contributed by atoms with van der Waals surface area (Å²) in [7, 11) is 1.41. The monoisotopic (exact) mass is 244 g/mol. The Morgan fingerprint density at radius 3 is 2.33 bits per heavy atom. The summed E-state index contributed by atoms with van der Waals surface area (Å²) in [6.07, 6.45) is 0. The quantitative estimate of drug-likeness (QED) is 0.813. The number of hydrogen-bond donors (Lipinski definition) is 2. The van der Waals surface area contributed by atoms with Gasteiger partial charge in [-0.25, -0.2) is 0 Å². The van der Waals surface area contributed by atoms with Crippen LogP contribution in [-0.2, 0) is 0 Å². The smallest absolute Gasteiger partial charge is 0.204 e. The summed E-state index contributed by atoms with van der Waals surface area (Å²) in [4.78, 5) is 12.3. The van der Waals surface area contributed by atoms with Crippen molar-refractivity contribution in [1.82, 2.24) is 0 Å². The van der Waals surface area contributed by atoms with Crippen LogP contribution in [0.3, 0.4) is 0 Å². The van der Waals surface area contributed by atoms with Gasteiger partial charge in [-0.15, -0.1) is 0 Å². The highest BCUT2D eigenvalue weighted by Crippen LogP contribution is 2.31. The molecule has 2 aromatic rings. The van der Waals surface area contributed by atoms with Crippen molar-refractivity contribution in [2.24, 2.45) is 0 Å². The van der Waals surface area contributed by atoms with Crippen molar-refractivity contribution in [2.45, 2.75) is 0 Å². The first-order chi connectivity index (χ1) is 8.65. The third-order valence-corrected chi connectivity index (χ3v) is 2.60. The number of ketones is 1. The molecule has 0 aromatic heterocycles. The van der Waals surface area contributed by atoms with E-state index in [-0.39, 0.29) is 28.4 Å². The molecule has 0 heterocycles. The molecule has 2 N–H and O–H groups in total. The standard InChI is InChI=1S/C14H12O4/c1-18-12-8-4-7-11(16)13(12)14(17)9-5-2-3-6-10(9)15/h2-8,15-16H,1H3. The molecule has 0 bridgehead atoms. The van der Waals surface area contributed by atoms with Crippen molar-refractivity contribution in [3.05, 3.63) is 53.6 Å². The van der Waals surface area contributed by atoms with Gasteiger partial charge in [-0.1, -0.05) is 18.2 Å². The largest absolute Gasteiger partial charge is 0.507 e. The minimum atomic E-state index is -0.483. The lowest BCUT2D eigenvalue weighted by molar-refractivity contribution is 0.103. The zero-order valence-electron chi connectivity index (χ0n) is 9.75. The summed E-state index contributed by atoms with van der Waals surface area (Å²) < 4.78 is 5.05. The van der Waals surface area contributed by atoms with Crippen molar-refractivity contribution in [2.75, 3.05) is 7.11 Å². The molecule has 18 heavy (non-hydrogen) atoms. The Bertz CT molecular complexity index is 590. The molecule has 0 saturated carbocycles. The molecule has 0 unspecified atom stereocenters. The van der Waals surface area contributed by atoms with Crippen LogP contribution in [0.5, 0.6) is 17.2 Å². The van der Waals surface area contributed by atoms with Crippen LogP contribution in [0, 0.1) is 0 Å². The summed E-state index contributed by atoms with van der Waals surface area (Å²) >= 11 is 0. The summed E-state index contributed by atoms with van der Waals surface area (Å²) in [5.74, 6) is -0.526. The van der Waals surface area contributed by atoms with Gasteiger partial charge in [0.25, 0.3) is 0 Å². The van der Waals surface area contributed by atoms with E-state index in [1.165, 1.54) is 25.3 Å². The van der Waals surface area contributed by atoms with Crippen molar-refractivity contribution in [3.63, 3.8) is 0 Å². The Morgan fingerprint density at radius 2 is 1.67 bits per heavy atom. The lowest BCUT2D eigenvalue weighted by Crippen LogP contribution is -2.04. The number of rotatable bonds is 3. The van der Waals surface area contributed by atoms with E-state index < -0.39 is 5.78 Å². The van der Waals surface area contributed by atoms with Gasteiger partial charge in [0.05, 0.1) is 12.7 Å². The molecule has 0 atom stereocenters. The van der Waals surface area contributed by atoms with Crippen LogP contribution in [0.4, 0.5) is 0 Å². The summed E-state index contributed by atoms with van der Waals surface area (Å²) in [6.45, 7) is 0. The molecule has 0 spiro atoms. The first-order valence-corrected chi connectivity index (χ1v) is 5.34. The summed E-state index contributed by atoms with van der Waals surface area (Å²) in [5, 5.41) is 19.4. The molecule has 0 fully saturated rings. The highest BCUT2D eigenvalue weighted by molar-refractivity contribution is 6.13. The maximum absolute atomic E-state index is 12.3. The minimum Gasteiger partial charge on any atom is -0.507 e. The molecule has 0 aliphatic carbocycles. The Kier molecular flexibility index (Phi) is 3.19. The third kappa shape index (κ3) is 2.00. The number of methoxy groups -OCH3 is 1. The van der Waals surface area contributed by atoms with Crippen molar-refractivity contribution in [3.8, 4) is 17.2 Å². The van der Waals surface area contributed by atoms with E-state index in [4.69, 9.17) is 4.74 Å². The highest BCUT2D eigenvalue weighted by atomic mass is 16.5. The number of ether oxygens (including phenoxy) is 1. The number of phenols is 2. The van der Waals surface area contributed by atoms with Crippen LogP contribution >= 0.6 is 0 Å². The highest BCUT2D eigenvalue weighted by Gasteiger charge is 2.20. The first kappa shape index (κ1) is 12.0. The first-order valence-electron chi connectivity index (χ1n) is 5.34. The van der Waals surface area contributed by atoms with Crippen molar-refractivity contribution >= 4 is 5.78 Å². The predicted octanol–water partition coefficient (Wildman–Crippen LogP) is 2.34. The van der Waals surface area contributed by atoms with E-state index in [2.05, 4.69) is 0 Å². The number of carbonyl (C=O) groups is 1. The van der Waals surface area contributed by atoms with Crippen molar-refractivity contribution in [1.29, 1.82) is 0 Å². The average molecular weight is 244 g/mol. The average Bonchev–Trinajstić information content (AvgIpc) is 2.38. The lowest BCUT2D eigenvalue weighted by Gasteiger charge is -2.10. The second-order valence-corrected chi connectivity index (χ2v) is 3.70. The fourth-order valence-electron chi connectivity index (χ4n) is 1.72. The van der Waals surface area contributed by atoms with E-state index in [0.29, 0.717) is 0 Å². The second kappa shape index (κ2) is 4.79. The number of benzene rings is 2. The number of hydrogen-bond acceptors (Lipinski definition) is 4. The molecule has 0 radical (unpaired) electrons. The van der Waals surface area contributed by atoms with E-state index >= 15 is 0 Å². The van der Waals surface area contributed by atoms with Gasteiger partial charge in [0.1, 0.15) is 22.8 Å². The van der Waals surface area contributed by atoms with E-state index in [9.17, 15) is 15.0 Å². The molecule has 0 saturated heterocycles. The Morgan fingerprint density at radius 1 is 1.00 bits per heavy atom. The van der Waals surface area contributed by atoms with Gasteiger partial charge in [-0.05, 0) is 24.3 Å². The molecule has 4 nitrogen and oxygen atoms in total. The van der Waals surface area contributed by atoms with Crippen LogP contribution in [0.15, 0.2) is 42.5 Å². The van der Waals surface area contributed by atoms with E-state index in [1.807, 2.05) is 0 Å². The van der Waals surface area contributed by atoms with Crippen LogP contribution < -0.4 is 4.74 Å². The van der Waals surface area contributed by atoms with Crippen molar-refractivity contribution < 1.29 is 19.7 Å². The zero-order chi connectivity index (χ0) is 13.1. The van der Waals surface area contributed by atoms with Gasteiger partial charge in [0, 0.05) is 0 Å². The fourth-order valence-corrected chi connectivity index (χ4v) is 1.72. The van der Waals surface area contributed by atoms with Gasteiger partial charge < -0.3 is 14.9 Å². The predicted molar refractivity (Wildman–Crippen MR) is 66.2 cm³/mol. The van der Waals surface area contributed by atoms with Gasteiger partial charge >= 0.3 is 0 Å². The van der Waals surface area contributed by atoms with E-state index in [0.717, 1.165) is 0 Å². The molecular weight excluding hydrogens is 232 g/mol. The molecule has 2 aromatic carbocycles. The third-order valence-electron chi connectivity index (χ3n) is 2.60. The maximum atomic E-state index is 12.3. The maximum Gasteiger partial charge on any atom is 0.204 e. The number of carbonyl (C=O) groups excluding carboxylic acids is 1. The number of phenolic OH excluding ortho intramolecular Hbond substituents is 2. The van der Waals surface area contributed by atoms with Gasteiger partial charge in [0.15, 0.2) is 0 Å². The van der Waals surface area contributed by atoms with Crippen LogP contribution in [-0.4, -0.2) is 23.1 Å². The van der Waals surface area contributed by atoms with Crippen LogP contribution in [0.2, 0.25) is 0 Å². The Hall–Kier alpha value is -2.49. The molecule has 4 heteroatoms. The van der Waals surface area contributed by atoms with Crippen LogP contribution in [0.25, 0.3) is 0 Å². The van der Waals surface area contributed by atoms with Crippen LogP contribution in [0.1, 0.15) is 15.9 Å². The normalized spacial score (nSPS) is 10.1. The molecule has 0 aliphatic rings. The summed E-state index contributed by atoms with van der Waals surface area (Å²) in [5.41, 5.74) is 0.166. The molecule has 0 aliphatic heterocycles. The number of aromatic hydroxyl groups is 2. The molecule has 92 valence electrons. The summed E-state index contributed by atoms with van der Waals surface area (Å²) in [6, 6.07) is 10.7. The minimum absolute atomic E-state index is 0.0431. The zero-order valence-corrected chi connectivity index (χ0v) is 9.75. The SMILES string of the molecule is COc1cccc(O)c1C(=O)c1ccccc1O. The van der Waals surface area contributed by atoms with Gasteiger partial charge in [-0.3, -0.25) is 4.79 Å². The van der Waals surface area contributed by atoms with E-state index in [1.54, 1.807) is 24.3 Å². The second-order valence-electron chi connectivity index (χ2n) is 3.70. The fraction of sp³-hybridized carbons (Fsp3) is 0.0714. The topological polar surface area (TPSA) is 66.8 Å². The Balaban J connectivity index is 2.56. The van der Waals surface area contributed by atoms with Gasteiger partial charge in [-0.2, -0.15) is 0 Å². The number of para-hydroxylation sites is 1. The van der Waals surface area contributed by atoms with Gasteiger partial charge in [0.2, 0.25) is 5.78 Å². The Labute approximate surface area is 104 Å². The lowest BCUT2D eigenvalue weighted by atomic mass is 10.0.